The zero-order valence-corrected chi connectivity index (χ0v) is 15.4. The minimum Gasteiger partial charge on any atom is -0.229 e. The van der Waals surface area contributed by atoms with E-state index in [2.05, 4.69) is 36.6 Å². The van der Waals surface area contributed by atoms with Crippen LogP contribution >= 0.6 is 43.5 Å². The van der Waals surface area contributed by atoms with E-state index < -0.39 is 31.3 Å². The number of rotatable bonds is 3. The van der Waals surface area contributed by atoms with E-state index in [0.29, 0.717) is 8.95 Å². The van der Waals surface area contributed by atoms with Crippen LogP contribution in [-0.4, -0.2) is 39.8 Å². The summed E-state index contributed by atoms with van der Waals surface area (Å²) in [5, 5.41) is -0.763. The maximum atomic E-state index is 12.3. The van der Waals surface area contributed by atoms with Gasteiger partial charge in [-0.2, -0.15) is 0 Å². The summed E-state index contributed by atoms with van der Waals surface area (Å²) in [5.41, 5.74) is 0. The van der Waals surface area contributed by atoms with Crippen molar-refractivity contribution >= 4 is 63.3 Å². The molecule has 1 aromatic carbocycles. The van der Waals surface area contributed by atoms with Gasteiger partial charge in [0.2, 0.25) is 10.0 Å². The number of alkyl halides is 1. The molecule has 1 aliphatic rings. The molecule has 10 heteroatoms. The highest BCUT2D eigenvalue weighted by Crippen LogP contribution is 2.27. The van der Waals surface area contributed by atoms with Gasteiger partial charge in [0.15, 0.2) is 9.84 Å². The topological polar surface area (TPSA) is 80.3 Å². The fourth-order valence-corrected chi connectivity index (χ4v) is 7.37. The predicted molar refractivity (Wildman–Crippen MR) is 84.2 cm³/mol. The molecule has 0 aromatic heterocycles. The Bertz CT molecular complexity index is 736. The summed E-state index contributed by atoms with van der Waals surface area (Å²) in [6.45, 7) is 0. The van der Waals surface area contributed by atoms with Crippen molar-refractivity contribution in [2.45, 2.75) is 16.3 Å². The van der Waals surface area contributed by atoms with Crippen molar-refractivity contribution in [1.82, 2.24) is 4.72 Å². The van der Waals surface area contributed by atoms with Crippen LogP contribution in [0.25, 0.3) is 0 Å². The lowest BCUT2D eigenvalue weighted by Gasteiger charge is -2.15. The van der Waals surface area contributed by atoms with Crippen molar-refractivity contribution in [1.29, 1.82) is 0 Å². The SMILES string of the molecule is O=S1(=O)C[C@@H](Cl)[C@H](NS(=O)(=O)c2cc(Br)ccc2Br)C1. The summed E-state index contributed by atoms with van der Waals surface area (Å²) in [6, 6.07) is 3.88. The summed E-state index contributed by atoms with van der Waals surface area (Å²) in [4.78, 5) is 0.0278. The van der Waals surface area contributed by atoms with Crippen molar-refractivity contribution < 1.29 is 16.8 Å². The zero-order chi connectivity index (χ0) is 15.1. The Kier molecular flexibility index (Phi) is 4.88. The Labute approximate surface area is 139 Å². The zero-order valence-electron chi connectivity index (χ0n) is 9.88. The number of hydrogen-bond donors (Lipinski definition) is 1. The fourth-order valence-electron chi connectivity index (χ4n) is 1.86. The van der Waals surface area contributed by atoms with E-state index in [0.717, 1.165) is 0 Å². The van der Waals surface area contributed by atoms with Gasteiger partial charge in [-0.25, -0.2) is 21.6 Å². The van der Waals surface area contributed by atoms with Crippen LogP contribution in [0, 0.1) is 0 Å². The number of sulfonamides is 1. The number of hydrogen-bond acceptors (Lipinski definition) is 4. The summed E-state index contributed by atoms with van der Waals surface area (Å²) in [5.74, 6) is -0.507. The van der Waals surface area contributed by atoms with Gasteiger partial charge in [0, 0.05) is 8.95 Å². The lowest BCUT2D eigenvalue weighted by atomic mass is 10.3. The first-order valence-corrected chi connectivity index (χ1v) is 10.8. The van der Waals surface area contributed by atoms with Gasteiger partial charge in [-0.15, -0.1) is 11.6 Å². The molecule has 0 unspecified atom stereocenters. The second kappa shape index (κ2) is 5.85. The summed E-state index contributed by atoms with van der Waals surface area (Å²) in [7, 11) is -7.15. The molecule has 1 aliphatic heterocycles. The number of benzene rings is 1. The van der Waals surface area contributed by atoms with E-state index in [4.69, 9.17) is 11.6 Å². The van der Waals surface area contributed by atoms with Gasteiger partial charge in [0.1, 0.15) is 0 Å². The number of halogens is 3. The molecule has 0 saturated carbocycles. The minimum absolute atomic E-state index is 0.0278. The largest absolute Gasteiger partial charge is 0.242 e. The first-order chi connectivity index (χ1) is 9.11. The maximum absolute atomic E-state index is 12.3. The van der Waals surface area contributed by atoms with Crippen LogP contribution in [0.5, 0.6) is 0 Å². The van der Waals surface area contributed by atoms with Crippen LogP contribution in [-0.2, 0) is 19.9 Å². The van der Waals surface area contributed by atoms with Gasteiger partial charge in [0.05, 0.1) is 27.8 Å². The van der Waals surface area contributed by atoms with E-state index in [1.54, 1.807) is 12.1 Å². The third kappa shape index (κ3) is 3.75. The van der Waals surface area contributed by atoms with Crippen molar-refractivity contribution in [3.8, 4) is 0 Å². The Morgan fingerprint density at radius 1 is 1.25 bits per heavy atom. The minimum atomic E-state index is -3.86. The third-order valence-corrected chi connectivity index (χ3v) is 8.13. The molecule has 112 valence electrons. The molecule has 1 saturated heterocycles. The number of nitrogens with one attached hydrogen (secondary N) is 1. The normalized spacial score (nSPS) is 25.8. The summed E-state index contributed by atoms with van der Waals surface area (Å²) in [6.07, 6.45) is 0. The molecule has 2 rings (SSSR count). The van der Waals surface area contributed by atoms with E-state index in [9.17, 15) is 16.8 Å². The molecule has 0 bridgehead atoms. The molecule has 0 amide bonds. The smallest absolute Gasteiger partial charge is 0.229 e. The highest BCUT2D eigenvalue weighted by Gasteiger charge is 2.39. The molecular formula is C10H10Br2ClNO4S2. The van der Waals surface area contributed by atoms with Crippen molar-refractivity contribution in [3.05, 3.63) is 27.1 Å². The average molecular weight is 468 g/mol. The number of sulfone groups is 1. The first kappa shape index (κ1) is 16.7. The van der Waals surface area contributed by atoms with E-state index >= 15 is 0 Å². The molecule has 0 radical (unpaired) electrons. The molecule has 5 nitrogen and oxygen atoms in total. The maximum Gasteiger partial charge on any atom is 0.242 e. The van der Waals surface area contributed by atoms with Crippen molar-refractivity contribution in [2.24, 2.45) is 0 Å². The fraction of sp³-hybridized carbons (Fsp3) is 0.400. The lowest BCUT2D eigenvalue weighted by Crippen LogP contribution is -2.40. The predicted octanol–water partition coefficient (Wildman–Crippen LogP) is 1.89. The van der Waals surface area contributed by atoms with E-state index in [1.807, 2.05) is 0 Å². The van der Waals surface area contributed by atoms with Gasteiger partial charge < -0.3 is 0 Å². The Morgan fingerprint density at radius 3 is 2.45 bits per heavy atom. The molecule has 1 N–H and O–H groups in total. The van der Waals surface area contributed by atoms with Crippen LogP contribution < -0.4 is 4.72 Å². The first-order valence-electron chi connectivity index (χ1n) is 5.42. The molecule has 1 aromatic rings. The Hall–Kier alpha value is 0.330. The molecule has 20 heavy (non-hydrogen) atoms. The Balaban J connectivity index is 2.31. The highest BCUT2D eigenvalue weighted by atomic mass is 79.9. The van der Waals surface area contributed by atoms with E-state index in [-0.39, 0.29) is 16.4 Å². The van der Waals surface area contributed by atoms with Crippen LogP contribution in [0.15, 0.2) is 32.0 Å². The van der Waals surface area contributed by atoms with Gasteiger partial charge >= 0.3 is 0 Å². The van der Waals surface area contributed by atoms with Gasteiger partial charge in [0.25, 0.3) is 0 Å². The van der Waals surface area contributed by atoms with Crippen molar-refractivity contribution in [3.63, 3.8) is 0 Å². The standard InChI is InChI=1S/C10H10Br2ClNO4S2/c11-6-1-2-7(12)10(3-6)20(17,18)14-9-5-19(15,16)4-8(9)13/h1-3,8-9,14H,4-5H2/t8-,9-/m1/s1. The molecule has 0 aliphatic carbocycles. The second-order valence-corrected chi connectivity index (χ2v) is 10.6. The molecule has 1 fully saturated rings. The van der Waals surface area contributed by atoms with E-state index in [1.165, 1.54) is 6.07 Å². The van der Waals surface area contributed by atoms with Crippen LogP contribution in [0.1, 0.15) is 0 Å². The molecular weight excluding hydrogens is 458 g/mol. The van der Waals surface area contributed by atoms with Gasteiger partial charge in [-0.05, 0) is 34.1 Å². The molecule has 1 heterocycles. The average Bonchev–Trinajstić information content (AvgIpc) is 2.54. The third-order valence-electron chi connectivity index (χ3n) is 2.77. The highest BCUT2D eigenvalue weighted by molar-refractivity contribution is 9.11. The Morgan fingerprint density at radius 2 is 1.90 bits per heavy atom. The monoisotopic (exact) mass is 465 g/mol. The van der Waals surface area contributed by atoms with Crippen LogP contribution in [0.2, 0.25) is 0 Å². The molecule has 0 spiro atoms. The second-order valence-electron chi connectivity index (χ2n) is 4.40. The van der Waals surface area contributed by atoms with Gasteiger partial charge in [-0.3, -0.25) is 0 Å². The lowest BCUT2D eigenvalue weighted by molar-refractivity contribution is 0.563. The van der Waals surface area contributed by atoms with Crippen LogP contribution in [0.3, 0.4) is 0 Å². The quantitative estimate of drug-likeness (QED) is 0.689. The van der Waals surface area contributed by atoms with Crippen molar-refractivity contribution in [2.75, 3.05) is 11.5 Å². The molecule has 2 atom stereocenters. The summed E-state index contributed by atoms with van der Waals surface area (Å²) >= 11 is 12.3. The summed E-state index contributed by atoms with van der Waals surface area (Å²) < 4.78 is 50.9. The van der Waals surface area contributed by atoms with Crippen LogP contribution in [0.4, 0.5) is 0 Å². The van der Waals surface area contributed by atoms with Gasteiger partial charge in [-0.1, -0.05) is 15.9 Å².